The van der Waals surface area contributed by atoms with Gasteiger partial charge in [-0.3, -0.25) is 4.98 Å². The van der Waals surface area contributed by atoms with Gasteiger partial charge in [-0.25, -0.2) is 4.68 Å². The van der Waals surface area contributed by atoms with Crippen LogP contribution in [0.3, 0.4) is 0 Å². The molecule has 1 aliphatic rings. The average Bonchev–Trinajstić information content (AvgIpc) is 2.94. The van der Waals surface area contributed by atoms with Crippen LogP contribution in [0.5, 0.6) is 0 Å². The lowest BCUT2D eigenvalue weighted by Gasteiger charge is -2.29. The molecule has 6 heteroatoms. The Bertz CT molecular complexity index is 600. The first-order valence-corrected chi connectivity index (χ1v) is 7.91. The standard InChI is InChI=1S/C16H24N6/c1-13-9-14(3-6-17-13)11-22-12-16(19-20-22)10-18-15-4-7-21(2)8-5-15/h3,6,9,12,15,18H,4-5,7-8,10-11H2,1-2H3. The Labute approximate surface area is 131 Å². The highest BCUT2D eigenvalue weighted by atomic mass is 15.4. The highest BCUT2D eigenvalue weighted by Crippen LogP contribution is 2.09. The fourth-order valence-corrected chi connectivity index (χ4v) is 2.85. The normalized spacial score (nSPS) is 17.0. The Balaban J connectivity index is 1.51. The molecule has 1 N–H and O–H groups in total. The van der Waals surface area contributed by atoms with Gasteiger partial charge in [0.05, 0.1) is 18.4 Å². The van der Waals surface area contributed by atoms with Crippen molar-refractivity contribution in [2.75, 3.05) is 20.1 Å². The molecule has 2 aromatic rings. The van der Waals surface area contributed by atoms with E-state index in [1.54, 1.807) is 0 Å². The Morgan fingerprint density at radius 3 is 2.91 bits per heavy atom. The van der Waals surface area contributed by atoms with Crippen molar-refractivity contribution in [2.45, 2.75) is 38.9 Å². The minimum absolute atomic E-state index is 0.601. The topological polar surface area (TPSA) is 58.9 Å². The molecule has 0 amide bonds. The van der Waals surface area contributed by atoms with Crippen LogP contribution in [-0.2, 0) is 13.1 Å². The number of pyridine rings is 1. The summed E-state index contributed by atoms with van der Waals surface area (Å²) >= 11 is 0. The van der Waals surface area contributed by atoms with E-state index in [1.807, 2.05) is 30.1 Å². The number of hydrogen-bond donors (Lipinski definition) is 1. The third-order valence-corrected chi connectivity index (χ3v) is 4.18. The quantitative estimate of drug-likeness (QED) is 0.899. The van der Waals surface area contributed by atoms with Crippen LogP contribution in [0.1, 0.15) is 29.8 Å². The monoisotopic (exact) mass is 300 g/mol. The average molecular weight is 300 g/mol. The van der Waals surface area contributed by atoms with Crippen LogP contribution in [0.4, 0.5) is 0 Å². The molecule has 0 aromatic carbocycles. The third kappa shape index (κ3) is 4.11. The minimum atomic E-state index is 0.601. The first kappa shape index (κ1) is 15.1. The molecule has 1 fully saturated rings. The molecular formula is C16H24N6. The van der Waals surface area contributed by atoms with Gasteiger partial charge < -0.3 is 10.2 Å². The van der Waals surface area contributed by atoms with Crippen molar-refractivity contribution in [1.29, 1.82) is 0 Å². The summed E-state index contributed by atoms with van der Waals surface area (Å²) in [5.74, 6) is 0. The zero-order valence-corrected chi connectivity index (χ0v) is 13.4. The first-order chi connectivity index (χ1) is 10.7. The molecule has 1 aliphatic heterocycles. The van der Waals surface area contributed by atoms with Crippen molar-refractivity contribution in [3.05, 3.63) is 41.5 Å². The van der Waals surface area contributed by atoms with Gasteiger partial charge in [-0.2, -0.15) is 0 Å². The van der Waals surface area contributed by atoms with Gasteiger partial charge >= 0.3 is 0 Å². The maximum Gasteiger partial charge on any atom is 0.0965 e. The number of likely N-dealkylation sites (tertiary alicyclic amines) is 1. The summed E-state index contributed by atoms with van der Waals surface area (Å²) in [6, 6.07) is 4.70. The van der Waals surface area contributed by atoms with Gasteiger partial charge in [-0.05, 0) is 57.6 Å². The molecule has 0 spiro atoms. The fraction of sp³-hybridized carbons (Fsp3) is 0.562. The molecule has 6 nitrogen and oxygen atoms in total. The smallest absolute Gasteiger partial charge is 0.0965 e. The van der Waals surface area contributed by atoms with Crippen LogP contribution < -0.4 is 5.32 Å². The Morgan fingerprint density at radius 1 is 1.32 bits per heavy atom. The highest BCUT2D eigenvalue weighted by molar-refractivity contribution is 5.15. The van der Waals surface area contributed by atoms with Crippen LogP contribution in [0, 0.1) is 6.92 Å². The summed E-state index contributed by atoms with van der Waals surface area (Å²) in [7, 11) is 2.18. The van der Waals surface area contributed by atoms with E-state index < -0.39 is 0 Å². The number of rotatable bonds is 5. The van der Waals surface area contributed by atoms with Crippen LogP contribution >= 0.6 is 0 Å². The molecule has 0 bridgehead atoms. The molecule has 22 heavy (non-hydrogen) atoms. The summed E-state index contributed by atoms with van der Waals surface area (Å²) in [5.41, 5.74) is 3.23. The molecule has 0 saturated carbocycles. The van der Waals surface area contributed by atoms with E-state index in [9.17, 15) is 0 Å². The van der Waals surface area contributed by atoms with Gasteiger partial charge in [0, 0.05) is 24.5 Å². The fourth-order valence-electron chi connectivity index (χ4n) is 2.85. The van der Waals surface area contributed by atoms with E-state index in [2.05, 4.69) is 38.6 Å². The molecule has 0 radical (unpaired) electrons. The summed E-state index contributed by atoms with van der Waals surface area (Å²) in [6.45, 7) is 5.88. The van der Waals surface area contributed by atoms with Gasteiger partial charge in [0.1, 0.15) is 0 Å². The van der Waals surface area contributed by atoms with Crippen molar-refractivity contribution >= 4 is 0 Å². The molecule has 2 aromatic heterocycles. The van der Waals surface area contributed by atoms with Gasteiger partial charge in [0.25, 0.3) is 0 Å². The molecule has 1 saturated heterocycles. The molecule has 0 aliphatic carbocycles. The lowest BCUT2D eigenvalue weighted by Crippen LogP contribution is -2.40. The molecule has 0 atom stereocenters. The van der Waals surface area contributed by atoms with Crippen molar-refractivity contribution in [3.8, 4) is 0 Å². The molecular weight excluding hydrogens is 276 g/mol. The maximum atomic E-state index is 4.26. The van der Waals surface area contributed by atoms with Gasteiger partial charge in [0.15, 0.2) is 0 Å². The number of nitrogens with one attached hydrogen (secondary N) is 1. The van der Waals surface area contributed by atoms with Crippen LogP contribution in [0.25, 0.3) is 0 Å². The highest BCUT2D eigenvalue weighted by Gasteiger charge is 2.16. The zero-order chi connectivity index (χ0) is 15.4. The largest absolute Gasteiger partial charge is 0.308 e. The van der Waals surface area contributed by atoms with Crippen LogP contribution in [0.15, 0.2) is 24.5 Å². The number of aryl methyl sites for hydroxylation is 1. The van der Waals surface area contributed by atoms with E-state index in [-0.39, 0.29) is 0 Å². The first-order valence-electron chi connectivity index (χ1n) is 7.91. The SMILES string of the molecule is Cc1cc(Cn2cc(CNC3CCN(C)CC3)nn2)ccn1. The second kappa shape index (κ2) is 6.98. The second-order valence-corrected chi connectivity index (χ2v) is 6.17. The van der Waals surface area contributed by atoms with Gasteiger partial charge in [-0.1, -0.05) is 5.21 Å². The van der Waals surface area contributed by atoms with Crippen molar-refractivity contribution in [2.24, 2.45) is 0 Å². The van der Waals surface area contributed by atoms with Gasteiger partial charge in [0.2, 0.25) is 0 Å². The van der Waals surface area contributed by atoms with E-state index in [0.717, 1.165) is 24.5 Å². The molecule has 0 unspecified atom stereocenters. The van der Waals surface area contributed by atoms with E-state index >= 15 is 0 Å². The summed E-state index contributed by atoms with van der Waals surface area (Å²) in [5, 5.41) is 12.1. The lowest BCUT2D eigenvalue weighted by atomic mass is 10.1. The van der Waals surface area contributed by atoms with Crippen LogP contribution in [-0.4, -0.2) is 51.1 Å². The Morgan fingerprint density at radius 2 is 2.14 bits per heavy atom. The number of nitrogens with zero attached hydrogens (tertiary/aromatic N) is 5. The lowest BCUT2D eigenvalue weighted by molar-refractivity contribution is 0.233. The maximum absolute atomic E-state index is 4.26. The summed E-state index contributed by atoms with van der Waals surface area (Å²) < 4.78 is 1.89. The number of aromatic nitrogens is 4. The molecule has 3 heterocycles. The molecule has 3 rings (SSSR count). The number of piperidine rings is 1. The van der Waals surface area contributed by atoms with E-state index in [4.69, 9.17) is 0 Å². The predicted molar refractivity (Wildman–Crippen MR) is 85.5 cm³/mol. The van der Waals surface area contributed by atoms with Crippen LogP contribution in [0.2, 0.25) is 0 Å². The predicted octanol–water partition coefficient (Wildman–Crippen LogP) is 1.21. The van der Waals surface area contributed by atoms with E-state index in [1.165, 1.54) is 31.5 Å². The summed E-state index contributed by atoms with van der Waals surface area (Å²) in [4.78, 5) is 6.59. The second-order valence-electron chi connectivity index (χ2n) is 6.17. The summed E-state index contributed by atoms with van der Waals surface area (Å²) in [6.07, 6.45) is 6.28. The number of hydrogen-bond acceptors (Lipinski definition) is 5. The third-order valence-electron chi connectivity index (χ3n) is 4.18. The van der Waals surface area contributed by atoms with Gasteiger partial charge in [-0.15, -0.1) is 5.10 Å². The zero-order valence-electron chi connectivity index (χ0n) is 13.4. The molecule has 118 valence electrons. The Hall–Kier alpha value is -1.79. The van der Waals surface area contributed by atoms with E-state index in [0.29, 0.717) is 6.04 Å². The van der Waals surface area contributed by atoms with Crippen molar-refractivity contribution in [1.82, 2.24) is 30.2 Å². The van der Waals surface area contributed by atoms with Crippen molar-refractivity contribution < 1.29 is 0 Å². The Kier molecular flexibility index (Phi) is 4.80. The minimum Gasteiger partial charge on any atom is -0.308 e. The van der Waals surface area contributed by atoms with Crippen molar-refractivity contribution in [3.63, 3.8) is 0 Å².